The molecule has 3 fully saturated rings. The summed E-state index contributed by atoms with van der Waals surface area (Å²) in [7, 11) is 0. The van der Waals surface area contributed by atoms with Crippen molar-refractivity contribution >= 4 is 12.0 Å². The molecular formula is C28H39N5O3. The van der Waals surface area contributed by atoms with Gasteiger partial charge in [0.25, 0.3) is 0 Å². The van der Waals surface area contributed by atoms with Crippen LogP contribution < -0.4 is 21.7 Å². The Hall–Kier alpha value is -2.94. The topological polar surface area (TPSA) is 109 Å². The van der Waals surface area contributed by atoms with E-state index < -0.39 is 0 Å². The molecule has 3 aliphatic rings. The van der Waals surface area contributed by atoms with Gasteiger partial charge in [0.1, 0.15) is 5.60 Å². The van der Waals surface area contributed by atoms with E-state index in [1.54, 1.807) is 0 Å². The standard InChI is InChI=1S/C14H21N3O.C14H18N2O2/c15-14(18)11-17(13-6-8-16-9-7-13)10-12-4-2-1-3-5-12;17-13-16-12(10-11-4-2-1-3-5-11)14(18-13)6-8-15-9-7-14/h1-5,13,16H,6-11H2,(H2,15,18);1-5,12,15H,6-10H2,(H,16,17). The molecule has 0 aromatic heterocycles. The van der Waals surface area contributed by atoms with Crippen molar-refractivity contribution in [2.45, 2.75) is 56.3 Å². The number of benzene rings is 2. The van der Waals surface area contributed by atoms with Crippen molar-refractivity contribution in [3.05, 3.63) is 71.8 Å². The van der Waals surface area contributed by atoms with Crippen LogP contribution in [0.3, 0.4) is 0 Å². The highest BCUT2D eigenvalue weighted by Gasteiger charge is 2.49. The molecule has 8 nitrogen and oxygen atoms in total. The van der Waals surface area contributed by atoms with Gasteiger partial charge in [-0.2, -0.15) is 0 Å². The van der Waals surface area contributed by atoms with Crippen LogP contribution >= 0.6 is 0 Å². The second-order valence-electron chi connectivity index (χ2n) is 9.93. The number of hydrogen-bond donors (Lipinski definition) is 4. The van der Waals surface area contributed by atoms with Crippen LogP contribution in [0.4, 0.5) is 4.79 Å². The first-order valence-corrected chi connectivity index (χ1v) is 13.1. The summed E-state index contributed by atoms with van der Waals surface area (Å²) < 4.78 is 5.58. The number of piperidine rings is 2. The summed E-state index contributed by atoms with van der Waals surface area (Å²) >= 11 is 0. The van der Waals surface area contributed by atoms with Crippen LogP contribution in [0, 0.1) is 0 Å². The molecule has 5 rings (SSSR count). The van der Waals surface area contributed by atoms with Crippen LogP contribution in [0.2, 0.25) is 0 Å². The molecule has 3 saturated heterocycles. The lowest BCUT2D eigenvalue weighted by Crippen LogP contribution is -2.51. The normalized spacial score (nSPS) is 21.4. The maximum absolute atomic E-state index is 11.6. The first-order valence-electron chi connectivity index (χ1n) is 13.1. The lowest BCUT2D eigenvalue weighted by Gasteiger charge is -2.36. The Balaban J connectivity index is 0.000000169. The van der Waals surface area contributed by atoms with Crippen LogP contribution in [0.1, 0.15) is 36.8 Å². The van der Waals surface area contributed by atoms with Gasteiger partial charge < -0.3 is 26.4 Å². The minimum absolute atomic E-state index is 0.0921. The second-order valence-corrected chi connectivity index (χ2v) is 9.93. The summed E-state index contributed by atoms with van der Waals surface area (Å²) in [5.74, 6) is -0.246. The zero-order valence-electron chi connectivity index (χ0n) is 21.0. The largest absolute Gasteiger partial charge is 0.441 e. The van der Waals surface area contributed by atoms with Crippen molar-refractivity contribution in [1.29, 1.82) is 0 Å². The van der Waals surface area contributed by atoms with Gasteiger partial charge in [-0.15, -0.1) is 0 Å². The Bertz CT molecular complexity index is 960. The van der Waals surface area contributed by atoms with Gasteiger partial charge in [-0.1, -0.05) is 60.7 Å². The summed E-state index contributed by atoms with van der Waals surface area (Å²) in [5.41, 5.74) is 7.53. The van der Waals surface area contributed by atoms with Gasteiger partial charge in [0.2, 0.25) is 5.91 Å². The lowest BCUT2D eigenvalue weighted by atomic mass is 9.82. The summed E-state index contributed by atoms with van der Waals surface area (Å²) in [6.07, 6.45) is 4.53. The molecule has 3 aliphatic heterocycles. The molecule has 2 aromatic rings. The van der Waals surface area contributed by atoms with E-state index >= 15 is 0 Å². The van der Waals surface area contributed by atoms with Crippen LogP contribution in [0.5, 0.6) is 0 Å². The number of primary amides is 1. The predicted octanol–water partition coefficient (Wildman–Crippen LogP) is 2.19. The number of amides is 2. The maximum Gasteiger partial charge on any atom is 0.408 e. The maximum atomic E-state index is 11.6. The highest BCUT2D eigenvalue weighted by molar-refractivity contribution is 5.76. The molecule has 194 valence electrons. The number of ether oxygens (including phenoxy) is 1. The highest BCUT2D eigenvalue weighted by Crippen LogP contribution is 2.33. The monoisotopic (exact) mass is 493 g/mol. The number of carbonyl (C=O) groups excluding carboxylic acids is 2. The molecule has 36 heavy (non-hydrogen) atoms. The second kappa shape index (κ2) is 12.9. The summed E-state index contributed by atoms with van der Waals surface area (Å²) in [4.78, 5) is 25.0. The Morgan fingerprint density at radius 2 is 1.50 bits per heavy atom. The molecule has 1 unspecified atom stereocenters. The van der Waals surface area contributed by atoms with E-state index in [9.17, 15) is 9.59 Å². The van der Waals surface area contributed by atoms with Crippen molar-refractivity contribution < 1.29 is 14.3 Å². The smallest absolute Gasteiger partial charge is 0.408 e. The number of nitrogens with one attached hydrogen (secondary N) is 3. The molecule has 0 bridgehead atoms. The van der Waals surface area contributed by atoms with E-state index in [1.165, 1.54) is 11.1 Å². The lowest BCUT2D eigenvalue weighted by molar-refractivity contribution is -0.120. The number of alkyl carbamates (subject to hydrolysis) is 1. The third-order valence-corrected chi connectivity index (χ3v) is 7.37. The SMILES string of the molecule is NC(=O)CN(Cc1ccccc1)C1CCNCC1.O=C1NC(Cc2ccccc2)C2(CCNCC2)O1. The number of rotatable bonds is 7. The Kier molecular flexibility index (Phi) is 9.33. The number of nitrogens with two attached hydrogens (primary N) is 1. The third-order valence-electron chi connectivity index (χ3n) is 7.37. The Morgan fingerprint density at radius 1 is 0.917 bits per heavy atom. The summed E-state index contributed by atoms with van der Waals surface area (Å²) in [5, 5.41) is 9.63. The summed E-state index contributed by atoms with van der Waals surface area (Å²) in [6, 6.07) is 21.1. The average Bonchev–Trinajstić information content (AvgIpc) is 3.19. The zero-order valence-corrected chi connectivity index (χ0v) is 21.0. The number of hydrogen-bond acceptors (Lipinski definition) is 6. The van der Waals surface area contributed by atoms with E-state index in [0.717, 1.165) is 64.8 Å². The molecule has 1 atom stereocenters. The molecule has 2 aromatic carbocycles. The Labute approximate surface area is 214 Å². The van der Waals surface area contributed by atoms with Crippen LogP contribution in [-0.2, 0) is 22.5 Å². The van der Waals surface area contributed by atoms with E-state index in [1.807, 2.05) is 36.4 Å². The van der Waals surface area contributed by atoms with Crippen molar-refractivity contribution in [2.24, 2.45) is 5.73 Å². The average molecular weight is 494 g/mol. The van der Waals surface area contributed by atoms with E-state index in [4.69, 9.17) is 10.5 Å². The minimum atomic E-state index is -0.307. The zero-order chi connectivity index (χ0) is 25.2. The molecule has 5 N–H and O–H groups in total. The molecule has 0 radical (unpaired) electrons. The van der Waals surface area contributed by atoms with Gasteiger partial charge in [0.05, 0.1) is 12.6 Å². The van der Waals surface area contributed by atoms with E-state index in [0.29, 0.717) is 12.6 Å². The molecular weight excluding hydrogens is 454 g/mol. The van der Waals surface area contributed by atoms with Gasteiger partial charge in [-0.25, -0.2) is 4.79 Å². The fourth-order valence-corrected chi connectivity index (χ4v) is 5.45. The number of carbonyl (C=O) groups is 2. The molecule has 3 heterocycles. The van der Waals surface area contributed by atoms with Crippen LogP contribution in [0.25, 0.3) is 0 Å². The molecule has 2 amide bonds. The fraction of sp³-hybridized carbons (Fsp3) is 0.500. The fourth-order valence-electron chi connectivity index (χ4n) is 5.45. The Morgan fingerprint density at radius 3 is 2.11 bits per heavy atom. The van der Waals surface area contributed by atoms with Crippen molar-refractivity contribution in [3.63, 3.8) is 0 Å². The summed E-state index contributed by atoms with van der Waals surface area (Å²) in [6.45, 7) is 5.03. The molecule has 1 spiro atoms. The first-order chi connectivity index (χ1) is 17.5. The number of nitrogens with zero attached hydrogens (tertiary/aromatic N) is 1. The highest BCUT2D eigenvalue weighted by atomic mass is 16.6. The van der Waals surface area contributed by atoms with Crippen molar-refractivity contribution in [2.75, 3.05) is 32.7 Å². The van der Waals surface area contributed by atoms with Crippen LogP contribution in [0.15, 0.2) is 60.7 Å². The van der Waals surface area contributed by atoms with Gasteiger partial charge in [0, 0.05) is 25.4 Å². The quantitative estimate of drug-likeness (QED) is 0.471. The van der Waals surface area contributed by atoms with Gasteiger partial charge >= 0.3 is 6.09 Å². The molecule has 0 saturated carbocycles. The predicted molar refractivity (Wildman–Crippen MR) is 140 cm³/mol. The van der Waals surface area contributed by atoms with Gasteiger partial charge in [-0.3, -0.25) is 9.69 Å². The van der Waals surface area contributed by atoms with Crippen molar-refractivity contribution in [3.8, 4) is 0 Å². The van der Waals surface area contributed by atoms with E-state index in [-0.39, 0.29) is 23.6 Å². The minimum Gasteiger partial charge on any atom is -0.441 e. The van der Waals surface area contributed by atoms with Gasteiger partial charge in [-0.05, 0) is 56.6 Å². The van der Waals surface area contributed by atoms with E-state index in [2.05, 4.69) is 45.1 Å². The van der Waals surface area contributed by atoms with Crippen LogP contribution in [-0.4, -0.2) is 67.3 Å². The molecule has 8 heteroatoms. The molecule has 0 aliphatic carbocycles. The van der Waals surface area contributed by atoms with Gasteiger partial charge in [0.15, 0.2) is 0 Å². The third kappa shape index (κ3) is 7.29. The van der Waals surface area contributed by atoms with Crippen molar-refractivity contribution in [1.82, 2.24) is 20.9 Å². The first kappa shape index (κ1) is 26.1.